The molecule has 0 unspecified atom stereocenters. The molecule has 0 aliphatic rings. The predicted octanol–water partition coefficient (Wildman–Crippen LogP) is 2.49. The lowest BCUT2D eigenvalue weighted by atomic mass is 10.4. The highest BCUT2D eigenvalue weighted by molar-refractivity contribution is 9.10. The first-order valence-electron chi connectivity index (χ1n) is 3.77. The van der Waals surface area contributed by atoms with Crippen LogP contribution in [-0.2, 0) is 6.54 Å². The normalized spacial score (nSPS) is 10.5. The van der Waals surface area contributed by atoms with Crippen LogP contribution in [0.2, 0.25) is 0 Å². The van der Waals surface area contributed by atoms with E-state index in [4.69, 9.17) is 4.42 Å². The summed E-state index contributed by atoms with van der Waals surface area (Å²) >= 11 is 5.10. The lowest BCUT2D eigenvalue weighted by Gasteiger charge is -1.99. The van der Waals surface area contributed by atoms with Crippen LogP contribution >= 0.6 is 27.7 Å². The third-order valence-corrected chi connectivity index (χ3v) is 2.45. The minimum Gasteiger partial charge on any atom is -0.453 e. The molecule has 1 heterocycles. The molecule has 1 rings (SSSR count). The van der Waals surface area contributed by atoms with Gasteiger partial charge in [0.1, 0.15) is 5.76 Å². The Morgan fingerprint density at radius 2 is 2.42 bits per heavy atom. The molecule has 0 spiro atoms. The Morgan fingerprint density at radius 3 is 3.00 bits per heavy atom. The molecule has 68 valence electrons. The average Bonchev–Trinajstić information content (AvgIpc) is 2.45. The minimum atomic E-state index is 0.796. The van der Waals surface area contributed by atoms with Crippen molar-refractivity contribution in [2.24, 2.45) is 0 Å². The van der Waals surface area contributed by atoms with Crippen molar-refractivity contribution in [3.8, 4) is 0 Å². The Morgan fingerprint density at radius 1 is 1.58 bits per heavy atom. The molecule has 1 aromatic heterocycles. The first-order valence-corrected chi connectivity index (χ1v) is 5.95. The molecule has 0 aromatic carbocycles. The molecular weight excluding hydrogens is 238 g/mol. The van der Waals surface area contributed by atoms with Gasteiger partial charge in [0.15, 0.2) is 4.67 Å². The summed E-state index contributed by atoms with van der Waals surface area (Å²) in [5, 5.41) is 3.28. The third kappa shape index (κ3) is 3.65. The van der Waals surface area contributed by atoms with Crippen molar-refractivity contribution in [1.82, 2.24) is 5.32 Å². The van der Waals surface area contributed by atoms with Gasteiger partial charge >= 0.3 is 0 Å². The van der Waals surface area contributed by atoms with Crippen LogP contribution in [0.4, 0.5) is 0 Å². The molecule has 0 aliphatic heterocycles. The highest BCUT2D eigenvalue weighted by Crippen LogP contribution is 2.13. The van der Waals surface area contributed by atoms with E-state index in [1.165, 1.54) is 0 Å². The number of rotatable bonds is 5. The summed E-state index contributed by atoms with van der Waals surface area (Å²) in [5.74, 6) is 2.12. The lowest BCUT2D eigenvalue weighted by molar-refractivity contribution is 0.469. The smallest absolute Gasteiger partial charge is 0.169 e. The maximum absolute atomic E-state index is 5.31. The van der Waals surface area contributed by atoms with Gasteiger partial charge in [0.05, 0.1) is 6.54 Å². The maximum Gasteiger partial charge on any atom is 0.169 e. The molecule has 0 fully saturated rings. The van der Waals surface area contributed by atoms with Gasteiger partial charge in [-0.2, -0.15) is 11.8 Å². The molecule has 0 atom stereocenters. The molecule has 12 heavy (non-hydrogen) atoms. The van der Waals surface area contributed by atoms with E-state index in [9.17, 15) is 0 Å². The van der Waals surface area contributed by atoms with Crippen molar-refractivity contribution in [3.05, 3.63) is 22.6 Å². The lowest BCUT2D eigenvalue weighted by Crippen LogP contribution is -2.15. The SMILES string of the molecule is CSCCNCc1ccc(Br)o1. The van der Waals surface area contributed by atoms with E-state index in [2.05, 4.69) is 27.5 Å². The molecular formula is C8H12BrNOS. The van der Waals surface area contributed by atoms with Gasteiger partial charge in [-0.15, -0.1) is 0 Å². The second kappa shape index (κ2) is 5.67. The topological polar surface area (TPSA) is 25.2 Å². The molecule has 1 N–H and O–H groups in total. The van der Waals surface area contributed by atoms with Gasteiger partial charge < -0.3 is 9.73 Å². The molecule has 1 aromatic rings. The highest BCUT2D eigenvalue weighted by atomic mass is 79.9. The summed E-state index contributed by atoms with van der Waals surface area (Å²) in [7, 11) is 0. The largest absolute Gasteiger partial charge is 0.453 e. The number of halogens is 1. The molecule has 0 bridgehead atoms. The third-order valence-electron chi connectivity index (χ3n) is 1.41. The number of nitrogens with one attached hydrogen (secondary N) is 1. The van der Waals surface area contributed by atoms with Gasteiger partial charge in [0, 0.05) is 12.3 Å². The Hall–Kier alpha value is 0.0700. The van der Waals surface area contributed by atoms with Crippen LogP contribution in [0, 0.1) is 0 Å². The van der Waals surface area contributed by atoms with E-state index in [0.29, 0.717) is 0 Å². The van der Waals surface area contributed by atoms with Gasteiger partial charge in [-0.1, -0.05) is 0 Å². The van der Waals surface area contributed by atoms with Crippen LogP contribution in [0.15, 0.2) is 21.2 Å². The fourth-order valence-electron chi connectivity index (χ4n) is 0.833. The first-order chi connectivity index (χ1) is 5.83. The zero-order chi connectivity index (χ0) is 8.81. The summed E-state index contributed by atoms with van der Waals surface area (Å²) in [6.45, 7) is 1.84. The quantitative estimate of drug-likeness (QED) is 0.813. The summed E-state index contributed by atoms with van der Waals surface area (Å²) in [6, 6.07) is 3.88. The van der Waals surface area contributed by atoms with E-state index in [-0.39, 0.29) is 0 Å². The highest BCUT2D eigenvalue weighted by Gasteiger charge is 1.97. The zero-order valence-corrected chi connectivity index (χ0v) is 9.37. The van der Waals surface area contributed by atoms with Crippen molar-refractivity contribution in [2.45, 2.75) is 6.54 Å². The van der Waals surface area contributed by atoms with E-state index in [0.717, 1.165) is 29.3 Å². The summed E-state index contributed by atoms with van der Waals surface area (Å²) < 4.78 is 6.11. The van der Waals surface area contributed by atoms with Crippen LogP contribution in [0.25, 0.3) is 0 Å². The van der Waals surface area contributed by atoms with Crippen LogP contribution in [-0.4, -0.2) is 18.6 Å². The predicted molar refractivity (Wildman–Crippen MR) is 56.5 cm³/mol. The standard InChI is InChI=1S/C8H12BrNOS/c1-12-5-4-10-6-7-2-3-8(9)11-7/h2-3,10H,4-6H2,1H3. The monoisotopic (exact) mass is 249 g/mol. The Bertz CT molecular complexity index is 227. The molecule has 4 heteroatoms. The molecule has 0 radical (unpaired) electrons. The van der Waals surface area contributed by atoms with Crippen molar-refractivity contribution in [1.29, 1.82) is 0 Å². The fourth-order valence-corrected chi connectivity index (χ4v) is 1.52. The van der Waals surface area contributed by atoms with Crippen molar-refractivity contribution >= 4 is 27.7 Å². The Labute approximate surface area is 85.2 Å². The molecule has 0 aliphatic carbocycles. The summed E-state index contributed by atoms with van der Waals surface area (Å²) in [5.41, 5.74) is 0. The second-order valence-electron chi connectivity index (χ2n) is 2.38. The molecule has 0 amide bonds. The number of hydrogen-bond acceptors (Lipinski definition) is 3. The first kappa shape index (κ1) is 10.2. The molecule has 0 saturated carbocycles. The van der Waals surface area contributed by atoms with Gasteiger partial charge in [-0.25, -0.2) is 0 Å². The van der Waals surface area contributed by atoms with Crippen LogP contribution < -0.4 is 5.32 Å². The second-order valence-corrected chi connectivity index (χ2v) is 4.14. The van der Waals surface area contributed by atoms with E-state index < -0.39 is 0 Å². The van der Waals surface area contributed by atoms with Crippen LogP contribution in [0.1, 0.15) is 5.76 Å². The number of hydrogen-bond donors (Lipinski definition) is 1. The van der Waals surface area contributed by atoms with E-state index >= 15 is 0 Å². The summed E-state index contributed by atoms with van der Waals surface area (Å²) in [6.07, 6.45) is 2.10. The van der Waals surface area contributed by atoms with Crippen molar-refractivity contribution in [3.63, 3.8) is 0 Å². The van der Waals surface area contributed by atoms with Crippen LogP contribution in [0.3, 0.4) is 0 Å². The Kier molecular flexibility index (Phi) is 4.80. The minimum absolute atomic E-state index is 0.796. The fraction of sp³-hybridized carbons (Fsp3) is 0.500. The number of furan rings is 1. The van der Waals surface area contributed by atoms with Crippen molar-refractivity contribution in [2.75, 3.05) is 18.6 Å². The van der Waals surface area contributed by atoms with Gasteiger partial charge in [0.2, 0.25) is 0 Å². The van der Waals surface area contributed by atoms with E-state index in [1.54, 1.807) is 0 Å². The molecule has 0 saturated heterocycles. The maximum atomic E-state index is 5.31. The number of thioether (sulfide) groups is 1. The van der Waals surface area contributed by atoms with Gasteiger partial charge in [-0.05, 0) is 34.3 Å². The van der Waals surface area contributed by atoms with Gasteiger partial charge in [-0.3, -0.25) is 0 Å². The van der Waals surface area contributed by atoms with E-state index in [1.807, 2.05) is 23.9 Å². The van der Waals surface area contributed by atoms with Crippen molar-refractivity contribution < 1.29 is 4.42 Å². The average molecular weight is 250 g/mol. The van der Waals surface area contributed by atoms with Gasteiger partial charge in [0.25, 0.3) is 0 Å². The zero-order valence-electron chi connectivity index (χ0n) is 6.97. The Balaban J connectivity index is 2.15. The summed E-state index contributed by atoms with van der Waals surface area (Å²) in [4.78, 5) is 0. The van der Waals surface area contributed by atoms with Crippen LogP contribution in [0.5, 0.6) is 0 Å². The molecule has 2 nitrogen and oxygen atoms in total.